The molecule has 3 aromatic heterocycles. The Kier molecular flexibility index (Phi) is 11.7. The Hall–Kier alpha value is -5.74. The number of benzene rings is 1. The number of halogens is 1. The van der Waals surface area contributed by atoms with E-state index in [0.717, 1.165) is 0 Å². The van der Waals surface area contributed by atoms with Crippen LogP contribution < -0.4 is 15.8 Å². The molecule has 254 valence electrons. The van der Waals surface area contributed by atoms with Crippen LogP contribution >= 0.6 is 15.9 Å². The van der Waals surface area contributed by atoms with Crippen LogP contribution in [0.5, 0.6) is 5.75 Å². The van der Waals surface area contributed by atoms with Crippen LogP contribution in [0.25, 0.3) is 33.9 Å². The zero-order valence-electron chi connectivity index (χ0n) is 25.9. The third-order valence-corrected chi connectivity index (χ3v) is 7.84. The maximum atomic E-state index is 12.4. The first kappa shape index (κ1) is 36.1. The molecular weight excluding hydrogens is 706 g/mol. The predicted molar refractivity (Wildman–Crippen MR) is 178 cm³/mol. The molecule has 15 nitrogen and oxygen atoms in total. The van der Waals surface area contributed by atoms with E-state index in [-0.39, 0.29) is 79.5 Å². The Morgan fingerprint density at radius 3 is 2.02 bits per heavy atom. The molecule has 0 radical (unpaired) electrons. The van der Waals surface area contributed by atoms with Crippen LogP contribution in [0.4, 0.5) is 5.69 Å². The molecule has 1 amide bonds. The molecule has 0 saturated carbocycles. The molecule has 0 saturated heterocycles. The van der Waals surface area contributed by atoms with Gasteiger partial charge in [-0.15, -0.1) is 0 Å². The highest BCUT2D eigenvalue weighted by Gasteiger charge is 2.29. The Labute approximate surface area is 286 Å². The monoisotopic (exact) mass is 735 g/mol. The number of aliphatic carboxylic acids is 4. The van der Waals surface area contributed by atoms with E-state index in [2.05, 4.69) is 31.2 Å². The molecule has 4 rings (SSSR count). The van der Waals surface area contributed by atoms with Gasteiger partial charge < -0.3 is 36.2 Å². The van der Waals surface area contributed by atoms with Crippen molar-refractivity contribution in [2.45, 2.75) is 32.2 Å². The minimum Gasteiger partial charge on any atom is -0.495 e. The fourth-order valence-corrected chi connectivity index (χ4v) is 5.62. The standard InChI is InChI=1S/C33H30BrN5O10/c1-49-24-6-5-16(8-23(24)38-25(40)13-34)30-17(9-26(41)42)15-37-32(20(30)12-29(47)48)33-21(14-35)18(10-27(43)44)19(11-28(45)46)31(39-33)22-4-2-3-7-36-22/h2-8,15H,9-14,35H2,1H3,(H,38,40)(H,41,42)(H,43,44)(H,45,46)(H,47,48). The summed E-state index contributed by atoms with van der Waals surface area (Å²) >= 11 is 3.09. The van der Waals surface area contributed by atoms with Gasteiger partial charge in [0, 0.05) is 18.9 Å². The number of hydrogen-bond donors (Lipinski definition) is 6. The zero-order valence-corrected chi connectivity index (χ0v) is 27.5. The van der Waals surface area contributed by atoms with E-state index in [0.29, 0.717) is 5.56 Å². The first-order valence-electron chi connectivity index (χ1n) is 14.5. The van der Waals surface area contributed by atoms with Crippen molar-refractivity contribution in [2.24, 2.45) is 5.73 Å². The van der Waals surface area contributed by atoms with Gasteiger partial charge in [0.25, 0.3) is 0 Å². The number of carboxylic acids is 4. The number of anilines is 1. The maximum Gasteiger partial charge on any atom is 0.307 e. The molecule has 4 aromatic rings. The summed E-state index contributed by atoms with van der Waals surface area (Å²) in [5.74, 6) is -5.27. The van der Waals surface area contributed by atoms with Crippen LogP contribution in [0.2, 0.25) is 0 Å². The summed E-state index contributed by atoms with van der Waals surface area (Å²) < 4.78 is 5.38. The Morgan fingerprint density at radius 1 is 0.796 bits per heavy atom. The average molecular weight is 737 g/mol. The highest BCUT2D eigenvalue weighted by Crippen LogP contribution is 2.40. The van der Waals surface area contributed by atoms with Crippen LogP contribution in [0, 0.1) is 0 Å². The van der Waals surface area contributed by atoms with Crippen molar-refractivity contribution in [3.63, 3.8) is 0 Å². The van der Waals surface area contributed by atoms with Gasteiger partial charge in [0.2, 0.25) is 5.91 Å². The van der Waals surface area contributed by atoms with Crippen LogP contribution in [-0.4, -0.2) is 77.6 Å². The van der Waals surface area contributed by atoms with Gasteiger partial charge in [-0.1, -0.05) is 28.1 Å². The van der Waals surface area contributed by atoms with Crippen molar-refractivity contribution < 1.29 is 49.1 Å². The molecular formula is C33H30BrN5O10. The van der Waals surface area contributed by atoms with E-state index in [4.69, 9.17) is 15.5 Å². The van der Waals surface area contributed by atoms with Crippen LogP contribution in [0.1, 0.15) is 27.8 Å². The number of aromatic nitrogens is 3. The fraction of sp³-hybridized carbons (Fsp3) is 0.212. The van der Waals surface area contributed by atoms with Crippen LogP contribution in [0.15, 0.2) is 48.8 Å². The zero-order chi connectivity index (χ0) is 35.8. The predicted octanol–water partition coefficient (Wildman–Crippen LogP) is 3.18. The normalized spacial score (nSPS) is 10.8. The van der Waals surface area contributed by atoms with Crippen molar-refractivity contribution in [2.75, 3.05) is 17.8 Å². The minimum atomic E-state index is -1.31. The summed E-state index contributed by atoms with van der Waals surface area (Å²) in [6.07, 6.45) is 0.144. The van der Waals surface area contributed by atoms with Gasteiger partial charge >= 0.3 is 23.9 Å². The second kappa shape index (κ2) is 15.9. The summed E-state index contributed by atoms with van der Waals surface area (Å²) in [4.78, 5) is 74.4. The van der Waals surface area contributed by atoms with E-state index >= 15 is 0 Å². The topological polar surface area (TPSA) is 252 Å². The maximum absolute atomic E-state index is 12.4. The van der Waals surface area contributed by atoms with Crippen LogP contribution in [-0.2, 0) is 56.2 Å². The Balaban J connectivity index is 2.19. The number of methoxy groups -OCH3 is 1. The van der Waals surface area contributed by atoms with Crippen molar-refractivity contribution in [1.82, 2.24) is 15.0 Å². The molecule has 0 unspecified atom stereocenters. The van der Waals surface area contributed by atoms with E-state index in [1.54, 1.807) is 24.3 Å². The Morgan fingerprint density at radius 2 is 1.45 bits per heavy atom. The molecule has 3 heterocycles. The van der Waals surface area contributed by atoms with Crippen molar-refractivity contribution in [3.8, 4) is 39.7 Å². The van der Waals surface area contributed by atoms with E-state index in [9.17, 15) is 44.4 Å². The molecule has 0 spiro atoms. The third kappa shape index (κ3) is 8.41. The highest BCUT2D eigenvalue weighted by atomic mass is 79.9. The summed E-state index contributed by atoms with van der Waals surface area (Å²) in [7, 11) is 1.39. The van der Waals surface area contributed by atoms with E-state index in [1.807, 2.05) is 0 Å². The second-order valence-corrected chi connectivity index (χ2v) is 11.1. The van der Waals surface area contributed by atoms with Gasteiger partial charge in [0.1, 0.15) is 5.75 Å². The molecule has 49 heavy (non-hydrogen) atoms. The minimum absolute atomic E-state index is 0.00983. The number of nitrogens with one attached hydrogen (secondary N) is 1. The van der Waals surface area contributed by atoms with Crippen molar-refractivity contribution >= 4 is 51.4 Å². The number of carbonyl (C=O) groups is 5. The number of nitrogens with zero attached hydrogens (tertiary/aromatic N) is 3. The third-order valence-electron chi connectivity index (χ3n) is 7.33. The van der Waals surface area contributed by atoms with E-state index < -0.39 is 55.5 Å². The van der Waals surface area contributed by atoms with E-state index in [1.165, 1.54) is 31.6 Å². The number of ether oxygens (including phenoxy) is 1. The molecule has 0 atom stereocenters. The lowest BCUT2D eigenvalue weighted by molar-refractivity contribution is -0.137. The molecule has 0 aliphatic rings. The van der Waals surface area contributed by atoms with Crippen molar-refractivity contribution in [1.29, 1.82) is 0 Å². The number of nitrogens with two attached hydrogens (primary N) is 1. The quantitative estimate of drug-likeness (QED) is 0.0960. The summed E-state index contributed by atoms with van der Waals surface area (Å²) in [5.41, 5.74) is 7.35. The number of carboxylic acid groups (broad SMARTS) is 4. The second-order valence-electron chi connectivity index (χ2n) is 10.5. The Bertz CT molecular complexity index is 1950. The molecule has 0 bridgehead atoms. The summed E-state index contributed by atoms with van der Waals surface area (Å²) in [6, 6.07) is 9.38. The number of pyridine rings is 3. The number of rotatable bonds is 15. The lowest BCUT2D eigenvalue weighted by Crippen LogP contribution is -2.18. The lowest BCUT2D eigenvalue weighted by atomic mass is 9.87. The number of alkyl halides is 1. The van der Waals surface area contributed by atoms with Gasteiger partial charge in [0.15, 0.2) is 0 Å². The average Bonchev–Trinajstić information content (AvgIpc) is 3.05. The molecule has 0 aliphatic carbocycles. The van der Waals surface area contributed by atoms with Gasteiger partial charge in [-0.2, -0.15) is 0 Å². The van der Waals surface area contributed by atoms with Gasteiger partial charge in [-0.05, 0) is 63.2 Å². The molecule has 0 fully saturated rings. The smallest absolute Gasteiger partial charge is 0.307 e. The largest absolute Gasteiger partial charge is 0.495 e. The van der Waals surface area contributed by atoms with Crippen molar-refractivity contribution in [3.05, 3.63) is 76.6 Å². The fourth-order valence-electron chi connectivity index (χ4n) is 5.48. The molecule has 1 aromatic carbocycles. The number of carbonyl (C=O) groups excluding carboxylic acids is 1. The van der Waals surface area contributed by atoms with Gasteiger partial charge in [0.05, 0.1) is 66.6 Å². The lowest BCUT2D eigenvalue weighted by Gasteiger charge is -2.22. The van der Waals surface area contributed by atoms with Crippen LogP contribution in [0.3, 0.4) is 0 Å². The highest BCUT2D eigenvalue weighted by molar-refractivity contribution is 9.09. The number of hydrogen-bond acceptors (Lipinski definition) is 10. The first-order chi connectivity index (χ1) is 23.4. The molecule has 0 aliphatic heterocycles. The number of amides is 1. The SMILES string of the molecule is COc1ccc(-c2c(CC(=O)O)cnc(-c3nc(-c4ccccn4)c(CC(=O)O)c(CC(=O)O)c3CN)c2CC(=O)O)cc1NC(=O)CBr. The molecule has 16 heteroatoms. The van der Waals surface area contributed by atoms with Gasteiger partial charge in [-0.3, -0.25) is 33.9 Å². The molecule has 7 N–H and O–H groups in total. The summed E-state index contributed by atoms with van der Waals surface area (Å²) in [5, 5.41) is 42.2. The summed E-state index contributed by atoms with van der Waals surface area (Å²) in [6.45, 7) is -0.342. The first-order valence-corrected chi connectivity index (χ1v) is 15.6. The van der Waals surface area contributed by atoms with Gasteiger partial charge in [-0.25, -0.2) is 4.98 Å².